The zero-order valence-corrected chi connectivity index (χ0v) is 30.3. The first-order chi connectivity index (χ1) is 25.1. The second kappa shape index (κ2) is 23.3. The molecule has 0 spiro atoms. The van der Waals surface area contributed by atoms with Crippen LogP contribution in [0.25, 0.3) is 0 Å². The van der Waals surface area contributed by atoms with Crippen LogP contribution in [0.5, 0.6) is 0 Å². The van der Waals surface area contributed by atoms with Crippen LogP contribution in [-0.2, 0) is 41.7 Å². The molecule has 1 aromatic rings. The minimum Gasteiger partial charge on any atom is -0.370 e. The fraction of sp³-hybridized carbons (Fsp3) is 0.667. The summed E-state index contributed by atoms with van der Waals surface area (Å²) in [7, 11) is 0. The fourth-order valence-corrected chi connectivity index (χ4v) is 6.59. The number of carbonyl (C=O) groups is 5. The molecule has 16 heteroatoms. The van der Waals surface area contributed by atoms with Crippen LogP contribution in [0.3, 0.4) is 0 Å². The highest BCUT2D eigenvalue weighted by molar-refractivity contribution is 5.93. The standard InChI is InChI=1S/C36H60N10O6/c37-16-6-4-13-27-32(48)42-23-52-18-15-29(46-36(39)40)35(51)45-30(20-24-9-2-1-3-10-24)33(49)41-22-26-12-8-11-25(19-26)21-31(47)43-28(34(50)44-27)14-5-7-17-38/h8,11-12,19,24,27-30H,1-7,9-10,13-18,20-23,37-38H2,(H,41,49)(H,42,48)(H,43,47)(H,44,50)(H,45,51)(H4,39,40,46)/t27-,28-,29+,30+/m0/s1. The topological polar surface area (TPSA) is 271 Å². The monoisotopic (exact) mass is 728 g/mol. The van der Waals surface area contributed by atoms with Gasteiger partial charge in [0.15, 0.2) is 5.96 Å². The van der Waals surface area contributed by atoms with E-state index in [0.717, 1.165) is 37.7 Å². The molecule has 2 bridgehead atoms. The highest BCUT2D eigenvalue weighted by Gasteiger charge is 2.30. The summed E-state index contributed by atoms with van der Waals surface area (Å²) in [6.45, 7) is 0.839. The third-order valence-electron chi connectivity index (χ3n) is 9.42. The Morgan fingerprint density at radius 1 is 0.731 bits per heavy atom. The summed E-state index contributed by atoms with van der Waals surface area (Å²) >= 11 is 0. The van der Waals surface area contributed by atoms with E-state index >= 15 is 0 Å². The number of fused-ring (bicyclic) bond motifs is 2. The molecule has 13 N–H and O–H groups in total. The smallest absolute Gasteiger partial charge is 0.245 e. The number of nitrogens with two attached hydrogens (primary N) is 4. The van der Waals surface area contributed by atoms with Gasteiger partial charge >= 0.3 is 0 Å². The van der Waals surface area contributed by atoms with Crippen LogP contribution in [0.1, 0.15) is 94.6 Å². The molecule has 1 saturated carbocycles. The van der Waals surface area contributed by atoms with Crippen LogP contribution in [0.15, 0.2) is 29.3 Å². The maximum absolute atomic E-state index is 13.6. The van der Waals surface area contributed by atoms with Gasteiger partial charge in [-0.25, -0.2) is 4.99 Å². The Hall–Kier alpha value is -4.28. The van der Waals surface area contributed by atoms with Gasteiger partial charge in [0.25, 0.3) is 0 Å². The van der Waals surface area contributed by atoms with E-state index in [9.17, 15) is 24.0 Å². The summed E-state index contributed by atoms with van der Waals surface area (Å²) in [6.07, 6.45) is 8.96. The zero-order valence-electron chi connectivity index (χ0n) is 30.3. The number of hydrogen-bond acceptors (Lipinski definition) is 9. The number of nitrogens with one attached hydrogen (secondary N) is 5. The number of carbonyl (C=O) groups excluding carboxylic acids is 5. The summed E-state index contributed by atoms with van der Waals surface area (Å²) in [4.78, 5) is 71.3. The number of unbranched alkanes of at least 4 members (excludes halogenated alkanes) is 2. The SMILES string of the molecule is NCCCC[C@@H]1NC(=O)Cc2cccc(c2)CNC(=O)[C@@H](CC2CCCCC2)NC(=O)[C@H](N=C(N)N)CCOCNC(=O)[C@H](CCCCN)NC1=O. The molecule has 3 rings (SSSR count). The van der Waals surface area contributed by atoms with E-state index in [2.05, 4.69) is 31.6 Å². The molecule has 0 aromatic heterocycles. The van der Waals surface area contributed by atoms with Crippen molar-refractivity contribution in [3.8, 4) is 0 Å². The lowest BCUT2D eigenvalue weighted by Gasteiger charge is -2.27. The van der Waals surface area contributed by atoms with E-state index in [-0.39, 0.29) is 56.4 Å². The van der Waals surface area contributed by atoms with Gasteiger partial charge in [0.05, 0.1) is 13.0 Å². The molecule has 52 heavy (non-hydrogen) atoms. The lowest BCUT2D eigenvalue weighted by atomic mass is 9.84. The number of benzene rings is 1. The second-order valence-electron chi connectivity index (χ2n) is 13.7. The number of rotatable bonds is 11. The first-order valence-corrected chi connectivity index (χ1v) is 18.7. The van der Waals surface area contributed by atoms with Gasteiger partial charge < -0.3 is 54.3 Å². The lowest BCUT2D eigenvalue weighted by Crippen LogP contribution is -2.54. The predicted octanol–water partition coefficient (Wildman–Crippen LogP) is -0.336. The molecule has 2 aliphatic rings. The maximum atomic E-state index is 13.6. The van der Waals surface area contributed by atoms with Crippen molar-refractivity contribution >= 4 is 35.5 Å². The molecular weight excluding hydrogens is 668 g/mol. The number of hydrogen-bond donors (Lipinski definition) is 9. The zero-order chi connectivity index (χ0) is 37.7. The second-order valence-corrected chi connectivity index (χ2v) is 13.7. The molecule has 0 radical (unpaired) electrons. The molecule has 5 amide bonds. The number of amides is 5. The maximum Gasteiger partial charge on any atom is 0.245 e. The van der Waals surface area contributed by atoms with Crippen molar-refractivity contribution in [2.24, 2.45) is 33.8 Å². The molecule has 1 heterocycles. The first kappa shape index (κ1) is 42.1. The van der Waals surface area contributed by atoms with Crippen molar-refractivity contribution in [2.75, 3.05) is 26.4 Å². The molecule has 1 aliphatic heterocycles. The van der Waals surface area contributed by atoms with Gasteiger partial charge in [-0.05, 0) is 75.1 Å². The molecular formula is C36H60N10O6. The van der Waals surface area contributed by atoms with Crippen LogP contribution < -0.4 is 49.5 Å². The van der Waals surface area contributed by atoms with Crippen molar-refractivity contribution in [3.05, 3.63) is 35.4 Å². The molecule has 0 saturated heterocycles. The fourth-order valence-electron chi connectivity index (χ4n) is 6.59. The van der Waals surface area contributed by atoms with Gasteiger partial charge in [-0.1, -0.05) is 56.4 Å². The van der Waals surface area contributed by atoms with Gasteiger partial charge in [-0.15, -0.1) is 0 Å². The number of guanidine groups is 1. The summed E-state index contributed by atoms with van der Waals surface area (Å²) in [5.74, 6) is -2.18. The molecule has 16 nitrogen and oxygen atoms in total. The van der Waals surface area contributed by atoms with Crippen molar-refractivity contribution in [3.63, 3.8) is 0 Å². The summed E-state index contributed by atoms with van der Waals surface area (Å²) < 4.78 is 5.64. The molecule has 1 aromatic carbocycles. The Morgan fingerprint density at radius 2 is 1.37 bits per heavy atom. The Balaban J connectivity index is 1.87. The lowest BCUT2D eigenvalue weighted by molar-refractivity contribution is -0.133. The van der Waals surface area contributed by atoms with E-state index in [1.165, 1.54) is 0 Å². The van der Waals surface area contributed by atoms with Gasteiger partial charge in [0.1, 0.15) is 30.9 Å². The van der Waals surface area contributed by atoms with Crippen LogP contribution in [-0.4, -0.2) is 86.1 Å². The van der Waals surface area contributed by atoms with Crippen LogP contribution >= 0.6 is 0 Å². The van der Waals surface area contributed by atoms with E-state index < -0.39 is 41.9 Å². The van der Waals surface area contributed by atoms with Gasteiger partial charge in [-0.3, -0.25) is 24.0 Å². The number of ether oxygens (including phenoxy) is 1. The van der Waals surface area contributed by atoms with Gasteiger partial charge in [0.2, 0.25) is 29.5 Å². The van der Waals surface area contributed by atoms with Crippen LogP contribution in [0.4, 0.5) is 0 Å². The minimum absolute atomic E-state index is 0.00439. The Labute approximate surface area is 306 Å². The average Bonchev–Trinajstić information content (AvgIpc) is 3.12. The van der Waals surface area contributed by atoms with Crippen molar-refractivity contribution < 1.29 is 28.7 Å². The van der Waals surface area contributed by atoms with Crippen molar-refractivity contribution in [1.82, 2.24) is 26.6 Å². The molecule has 1 fully saturated rings. The summed E-state index contributed by atoms with van der Waals surface area (Å²) in [5, 5.41) is 14.2. The molecule has 0 unspecified atom stereocenters. The normalized spacial score (nSPS) is 23.7. The largest absolute Gasteiger partial charge is 0.370 e. The molecule has 290 valence electrons. The average molecular weight is 729 g/mol. The Bertz CT molecular complexity index is 1330. The highest BCUT2D eigenvalue weighted by atomic mass is 16.5. The van der Waals surface area contributed by atoms with Crippen LogP contribution in [0.2, 0.25) is 0 Å². The van der Waals surface area contributed by atoms with E-state index in [4.69, 9.17) is 27.7 Å². The van der Waals surface area contributed by atoms with Crippen molar-refractivity contribution in [1.29, 1.82) is 0 Å². The quantitative estimate of drug-likeness (QED) is 0.0813. The van der Waals surface area contributed by atoms with Gasteiger partial charge in [0, 0.05) is 13.0 Å². The summed E-state index contributed by atoms with van der Waals surface area (Å²) in [5.41, 5.74) is 24.1. The predicted molar refractivity (Wildman–Crippen MR) is 198 cm³/mol. The molecule has 4 atom stereocenters. The first-order valence-electron chi connectivity index (χ1n) is 18.7. The minimum atomic E-state index is -1.04. The van der Waals surface area contributed by atoms with Crippen molar-refractivity contribution in [2.45, 2.75) is 121 Å². The number of aliphatic imine (C=N–C) groups is 1. The molecule has 1 aliphatic carbocycles. The Kier molecular flexibility index (Phi) is 18.9. The third kappa shape index (κ3) is 15.5. The van der Waals surface area contributed by atoms with E-state index in [1.807, 2.05) is 12.1 Å². The van der Waals surface area contributed by atoms with E-state index in [0.29, 0.717) is 63.6 Å². The summed E-state index contributed by atoms with van der Waals surface area (Å²) in [6, 6.07) is 3.61. The third-order valence-corrected chi connectivity index (χ3v) is 9.42. The van der Waals surface area contributed by atoms with E-state index in [1.54, 1.807) is 12.1 Å². The van der Waals surface area contributed by atoms with Crippen LogP contribution in [0, 0.1) is 5.92 Å². The number of nitrogens with zero attached hydrogens (tertiary/aromatic N) is 1. The Morgan fingerprint density at radius 3 is 2.04 bits per heavy atom. The van der Waals surface area contributed by atoms with Gasteiger partial charge in [-0.2, -0.15) is 0 Å². The highest BCUT2D eigenvalue weighted by Crippen LogP contribution is 2.27.